The summed E-state index contributed by atoms with van der Waals surface area (Å²) >= 11 is 0. The van der Waals surface area contributed by atoms with E-state index >= 15 is 0 Å². The van der Waals surface area contributed by atoms with Crippen LogP contribution >= 0.6 is 0 Å². The van der Waals surface area contributed by atoms with Crippen LogP contribution in [0, 0.1) is 5.92 Å². The summed E-state index contributed by atoms with van der Waals surface area (Å²) in [5, 5.41) is 0. The SMILES string of the molecule is NC1CN(S(=O)(=O)CC2CCCCC2)C1. The highest BCUT2D eigenvalue weighted by Crippen LogP contribution is 2.26. The van der Waals surface area contributed by atoms with Gasteiger partial charge in [0.2, 0.25) is 10.0 Å². The fourth-order valence-electron chi connectivity index (χ4n) is 2.45. The molecule has 1 saturated carbocycles. The van der Waals surface area contributed by atoms with Gasteiger partial charge < -0.3 is 5.73 Å². The number of hydrogen-bond acceptors (Lipinski definition) is 3. The van der Waals surface area contributed by atoms with Gasteiger partial charge in [-0.05, 0) is 18.8 Å². The molecule has 2 fully saturated rings. The Labute approximate surface area is 91.9 Å². The van der Waals surface area contributed by atoms with Crippen molar-refractivity contribution in [2.24, 2.45) is 11.7 Å². The minimum atomic E-state index is -3.00. The molecule has 0 aromatic rings. The maximum atomic E-state index is 11.9. The van der Waals surface area contributed by atoms with Gasteiger partial charge in [0.15, 0.2) is 0 Å². The molecule has 0 bridgehead atoms. The van der Waals surface area contributed by atoms with Gasteiger partial charge in [-0.1, -0.05) is 19.3 Å². The Bertz CT molecular complexity index is 303. The summed E-state index contributed by atoms with van der Waals surface area (Å²) in [6.07, 6.45) is 5.82. The Morgan fingerprint density at radius 2 is 1.73 bits per heavy atom. The summed E-state index contributed by atoms with van der Waals surface area (Å²) in [4.78, 5) is 0. The predicted octanol–water partition coefficient (Wildman–Crippen LogP) is 0.539. The van der Waals surface area contributed by atoms with Gasteiger partial charge in [-0.15, -0.1) is 0 Å². The van der Waals surface area contributed by atoms with Crippen LogP contribution in [0.15, 0.2) is 0 Å². The van der Waals surface area contributed by atoms with Crippen molar-refractivity contribution < 1.29 is 8.42 Å². The smallest absolute Gasteiger partial charge is 0.214 e. The van der Waals surface area contributed by atoms with Gasteiger partial charge in [0.25, 0.3) is 0 Å². The Morgan fingerprint density at radius 3 is 2.27 bits per heavy atom. The van der Waals surface area contributed by atoms with Crippen LogP contribution in [0.3, 0.4) is 0 Å². The van der Waals surface area contributed by atoms with Gasteiger partial charge in [-0.3, -0.25) is 0 Å². The van der Waals surface area contributed by atoms with Crippen LogP contribution in [-0.2, 0) is 10.0 Å². The van der Waals surface area contributed by atoms with E-state index in [0.717, 1.165) is 12.8 Å². The number of sulfonamides is 1. The van der Waals surface area contributed by atoms with Crippen LogP contribution in [0.5, 0.6) is 0 Å². The molecule has 4 nitrogen and oxygen atoms in total. The third-order valence-electron chi connectivity index (χ3n) is 3.44. The van der Waals surface area contributed by atoms with E-state index in [2.05, 4.69) is 0 Å². The third-order valence-corrected chi connectivity index (χ3v) is 5.42. The molecule has 5 heteroatoms. The molecule has 0 aromatic heterocycles. The molecule has 15 heavy (non-hydrogen) atoms. The first-order valence-electron chi connectivity index (χ1n) is 5.81. The summed E-state index contributed by atoms with van der Waals surface area (Å²) in [5.74, 6) is 0.736. The first-order chi connectivity index (χ1) is 7.08. The molecule has 0 radical (unpaired) electrons. The number of hydrogen-bond donors (Lipinski definition) is 1. The van der Waals surface area contributed by atoms with Gasteiger partial charge in [0, 0.05) is 19.1 Å². The van der Waals surface area contributed by atoms with Crippen molar-refractivity contribution in [1.82, 2.24) is 4.31 Å². The standard InChI is InChI=1S/C10H20N2O2S/c11-10-6-12(7-10)15(13,14)8-9-4-2-1-3-5-9/h9-10H,1-8,11H2. The van der Waals surface area contributed by atoms with Crippen molar-refractivity contribution in [2.75, 3.05) is 18.8 Å². The van der Waals surface area contributed by atoms with Crippen molar-refractivity contribution in [3.05, 3.63) is 0 Å². The summed E-state index contributed by atoms with van der Waals surface area (Å²) in [7, 11) is -3.00. The molecule has 2 aliphatic rings. The highest BCUT2D eigenvalue weighted by molar-refractivity contribution is 7.89. The summed E-state index contributed by atoms with van der Waals surface area (Å²) < 4.78 is 25.3. The Morgan fingerprint density at radius 1 is 1.13 bits per heavy atom. The van der Waals surface area contributed by atoms with E-state index in [9.17, 15) is 8.42 Å². The van der Waals surface area contributed by atoms with Gasteiger partial charge in [0.05, 0.1) is 5.75 Å². The van der Waals surface area contributed by atoms with E-state index in [1.54, 1.807) is 0 Å². The molecule has 2 rings (SSSR count). The zero-order valence-electron chi connectivity index (χ0n) is 9.06. The van der Waals surface area contributed by atoms with Gasteiger partial charge in [0.1, 0.15) is 0 Å². The van der Waals surface area contributed by atoms with E-state index in [0.29, 0.717) is 24.8 Å². The number of rotatable bonds is 3. The molecule has 2 N–H and O–H groups in total. The van der Waals surface area contributed by atoms with E-state index in [1.807, 2.05) is 0 Å². The Kier molecular flexibility index (Phi) is 3.33. The van der Waals surface area contributed by atoms with Gasteiger partial charge >= 0.3 is 0 Å². The molecule has 1 aliphatic heterocycles. The lowest BCUT2D eigenvalue weighted by atomic mass is 9.91. The first-order valence-corrected chi connectivity index (χ1v) is 7.42. The van der Waals surface area contributed by atoms with Crippen molar-refractivity contribution in [3.63, 3.8) is 0 Å². The molecule has 0 aromatic carbocycles. The van der Waals surface area contributed by atoms with E-state index in [1.165, 1.54) is 23.6 Å². The molecular formula is C10H20N2O2S. The van der Waals surface area contributed by atoms with Crippen LogP contribution < -0.4 is 5.73 Å². The maximum Gasteiger partial charge on any atom is 0.214 e. The lowest BCUT2D eigenvalue weighted by Crippen LogP contribution is -2.58. The van der Waals surface area contributed by atoms with Crippen molar-refractivity contribution in [3.8, 4) is 0 Å². The predicted molar refractivity (Wildman–Crippen MR) is 59.9 cm³/mol. The molecule has 0 unspecified atom stereocenters. The Hall–Kier alpha value is -0.130. The first kappa shape index (κ1) is 11.4. The minimum Gasteiger partial charge on any atom is -0.325 e. The van der Waals surface area contributed by atoms with E-state index in [4.69, 9.17) is 5.73 Å². The number of nitrogens with zero attached hydrogens (tertiary/aromatic N) is 1. The zero-order valence-corrected chi connectivity index (χ0v) is 9.88. The van der Waals surface area contributed by atoms with E-state index < -0.39 is 10.0 Å². The van der Waals surface area contributed by atoms with Crippen LogP contribution in [0.1, 0.15) is 32.1 Å². The molecule has 88 valence electrons. The highest BCUT2D eigenvalue weighted by atomic mass is 32.2. The second-order valence-corrected chi connectivity index (χ2v) is 6.87. The van der Waals surface area contributed by atoms with Crippen LogP contribution in [0.4, 0.5) is 0 Å². The van der Waals surface area contributed by atoms with Crippen molar-refractivity contribution in [1.29, 1.82) is 0 Å². The van der Waals surface area contributed by atoms with Crippen LogP contribution in [-0.4, -0.2) is 37.6 Å². The molecule has 1 aliphatic carbocycles. The number of nitrogens with two attached hydrogens (primary N) is 1. The quantitative estimate of drug-likeness (QED) is 0.772. The third kappa shape index (κ3) is 2.71. The lowest BCUT2D eigenvalue weighted by Gasteiger charge is -2.36. The second-order valence-electron chi connectivity index (χ2n) is 4.86. The lowest BCUT2D eigenvalue weighted by molar-refractivity contribution is 0.261. The molecule has 1 heterocycles. The summed E-state index contributed by atoms with van der Waals surface area (Å²) in [6.45, 7) is 1.05. The van der Waals surface area contributed by atoms with Crippen LogP contribution in [0.25, 0.3) is 0 Å². The van der Waals surface area contributed by atoms with Gasteiger partial charge in [-0.25, -0.2) is 8.42 Å². The highest BCUT2D eigenvalue weighted by Gasteiger charge is 2.35. The fourth-order valence-corrected chi connectivity index (χ4v) is 4.43. The molecule has 0 atom stereocenters. The molecule has 0 spiro atoms. The topological polar surface area (TPSA) is 63.4 Å². The average molecular weight is 232 g/mol. The zero-order chi connectivity index (χ0) is 10.9. The monoisotopic (exact) mass is 232 g/mol. The molecule has 1 saturated heterocycles. The fraction of sp³-hybridized carbons (Fsp3) is 1.00. The average Bonchev–Trinajstić information content (AvgIpc) is 2.14. The molecular weight excluding hydrogens is 212 g/mol. The minimum absolute atomic E-state index is 0.0612. The van der Waals surface area contributed by atoms with Gasteiger partial charge in [-0.2, -0.15) is 4.31 Å². The van der Waals surface area contributed by atoms with Crippen LogP contribution in [0.2, 0.25) is 0 Å². The Balaban J connectivity index is 1.86. The van der Waals surface area contributed by atoms with Crippen molar-refractivity contribution >= 4 is 10.0 Å². The second kappa shape index (κ2) is 4.39. The van der Waals surface area contributed by atoms with Crippen molar-refractivity contribution in [2.45, 2.75) is 38.1 Å². The van der Waals surface area contributed by atoms with E-state index in [-0.39, 0.29) is 6.04 Å². The maximum absolute atomic E-state index is 11.9. The summed E-state index contributed by atoms with van der Waals surface area (Å²) in [5.41, 5.74) is 5.59. The summed E-state index contributed by atoms with van der Waals surface area (Å²) in [6, 6.07) is 0.0612. The largest absolute Gasteiger partial charge is 0.325 e. The molecule has 0 amide bonds. The normalized spacial score (nSPS) is 26.5.